The van der Waals surface area contributed by atoms with Crippen LogP contribution in [0.3, 0.4) is 0 Å². The summed E-state index contributed by atoms with van der Waals surface area (Å²) >= 11 is 0. The van der Waals surface area contributed by atoms with Gasteiger partial charge in [-0.05, 0) is 54.1 Å². The lowest BCUT2D eigenvalue weighted by Crippen LogP contribution is -2.56. The van der Waals surface area contributed by atoms with E-state index in [0.717, 1.165) is 29.4 Å². The second-order valence-corrected chi connectivity index (χ2v) is 11.0. The van der Waals surface area contributed by atoms with Gasteiger partial charge in [0, 0.05) is 47.8 Å². The van der Waals surface area contributed by atoms with Crippen molar-refractivity contribution in [3.8, 4) is 11.5 Å². The summed E-state index contributed by atoms with van der Waals surface area (Å²) in [6, 6.07) is 12.7. The number of rotatable bonds is 10. The van der Waals surface area contributed by atoms with Crippen LogP contribution in [0.25, 0.3) is 10.9 Å². The molecule has 1 aromatic heterocycles. The van der Waals surface area contributed by atoms with Crippen molar-refractivity contribution in [2.24, 2.45) is 5.92 Å². The Bertz CT molecular complexity index is 1460. The monoisotopic (exact) mass is 561 g/mol. The van der Waals surface area contributed by atoms with Crippen LogP contribution in [0.2, 0.25) is 0 Å². The van der Waals surface area contributed by atoms with Gasteiger partial charge in [-0.2, -0.15) is 0 Å². The number of nitrogens with zero attached hydrogens (tertiary/aromatic N) is 1. The first kappa shape index (κ1) is 27.3. The van der Waals surface area contributed by atoms with Gasteiger partial charge in [0.05, 0.1) is 32.3 Å². The number of benzene rings is 2. The van der Waals surface area contributed by atoms with Crippen molar-refractivity contribution in [3.05, 3.63) is 70.9 Å². The molecule has 3 aliphatic rings. The highest BCUT2D eigenvalue weighted by atomic mass is 16.5. The molecule has 1 aliphatic heterocycles. The third kappa shape index (κ3) is 5.07. The van der Waals surface area contributed by atoms with Gasteiger partial charge in [-0.25, -0.2) is 0 Å². The van der Waals surface area contributed by atoms with Crippen molar-refractivity contribution in [2.45, 2.75) is 50.0 Å². The summed E-state index contributed by atoms with van der Waals surface area (Å²) in [5.74, 6) is -0.419. The summed E-state index contributed by atoms with van der Waals surface area (Å²) in [7, 11) is 1.49. The standard InChI is InChI=1S/C31H35N3O7/c1-40-25-13-17(16-36)12-21-26-22(30(38)32-9-11-35)15-24(27(37)29(26)41-28(21)25)34(31(39)18-6-7-18)10-8-20-14-19-4-2-3-5-23(19)33-20/h2-5,12-15,18,24,26-27,29,33,35-37H,6-11,16H2,1H3,(H,32,38). The van der Waals surface area contributed by atoms with Gasteiger partial charge in [-0.15, -0.1) is 0 Å². The molecular weight excluding hydrogens is 526 g/mol. The maximum absolute atomic E-state index is 13.6. The van der Waals surface area contributed by atoms with E-state index >= 15 is 0 Å². The van der Waals surface area contributed by atoms with Crippen LogP contribution in [0.5, 0.6) is 11.5 Å². The number of fused-ring (bicyclic) bond motifs is 4. The third-order valence-electron chi connectivity index (χ3n) is 8.27. The normalized spacial score (nSPS) is 22.9. The van der Waals surface area contributed by atoms with Crippen LogP contribution in [0, 0.1) is 5.92 Å². The highest BCUT2D eigenvalue weighted by molar-refractivity contribution is 5.96. The molecule has 2 aromatic carbocycles. The average Bonchev–Trinajstić information content (AvgIpc) is 3.65. The van der Waals surface area contributed by atoms with E-state index < -0.39 is 30.1 Å². The Labute approximate surface area is 237 Å². The number of aromatic amines is 1. The van der Waals surface area contributed by atoms with Crippen molar-refractivity contribution in [3.63, 3.8) is 0 Å². The molecule has 0 bridgehead atoms. The Kier molecular flexibility index (Phi) is 7.46. The number of aliphatic hydroxyl groups is 3. The van der Waals surface area contributed by atoms with E-state index in [4.69, 9.17) is 9.47 Å². The summed E-state index contributed by atoms with van der Waals surface area (Å²) in [6.45, 7) is -0.0707. The quantitative estimate of drug-likeness (QED) is 0.254. The van der Waals surface area contributed by atoms with Crippen LogP contribution in [0.4, 0.5) is 0 Å². The predicted molar refractivity (Wildman–Crippen MR) is 150 cm³/mol. The first-order valence-corrected chi connectivity index (χ1v) is 14.1. The molecule has 10 nitrogen and oxygen atoms in total. The first-order valence-electron chi connectivity index (χ1n) is 14.1. The number of aromatic nitrogens is 1. The van der Waals surface area contributed by atoms with Gasteiger partial charge in [0.1, 0.15) is 12.2 Å². The lowest BCUT2D eigenvalue weighted by molar-refractivity contribution is -0.138. The molecule has 1 fully saturated rings. The summed E-state index contributed by atoms with van der Waals surface area (Å²) in [5.41, 5.74) is 3.53. The smallest absolute Gasteiger partial charge is 0.247 e. The first-order chi connectivity index (χ1) is 19.9. The number of para-hydroxylation sites is 1. The lowest BCUT2D eigenvalue weighted by atomic mass is 9.77. The van der Waals surface area contributed by atoms with Gasteiger partial charge < -0.3 is 40.0 Å². The summed E-state index contributed by atoms with van der Waals surface area (Å²) in [6.07, 6.45) is 1.83. The molecule has 41 heavy (non-hydrogen) atoms. The molecular formula is C31H35N3O7. The van der Waals surface area contributed by atoms with E-state index in [1.807, 2.05) is 24.3 Å². The maximum Gasteiger partial charge on any atom is 0.247 e. The number of methoxy groups -OCH3 is 1. The maximum atomic E-state index is 13.6. The van der Waals surface area contributed by atoms with Crippen molar-refractivity contribution in [1.82, 2.24) is 15.2 Å². The Morgan fingerprint density at radius 1 is 1.17 bits per heavy atom. The van der Waals surface area contributed by atoms with E-state index in [1.54, 1.807) is 23.1 Å². The fraction of sp³-hybridized carbons (Fsp3) is 0.419. The van der Waals surface area contributed by atoms with Crippen LogP contribution in [-0.4, -0.2) is 82.1 Å². The number of H-pyrrole nitrogens is 1. The fourth-order valence-corrected chi connectivity index (χ4v) is 6.10. The van der Waals surface area contributed by atoms with Gasteiger partial charge in [-0.3, -0.25) is 9.59 Å². The number of aliphatic hydroxyl groups excluding tert-OH is 3. The molecule has 2 heterocycles. The van der Waals surface area contributed by atoms with E-state index in [0.29, 0.717) is 41.2 Å². The van der Waals surface area contributed by atoms with Crippen molar-refractivity contribution < 1.29 is 34.4 Å². The van der Waals surface area contributed by atoms with Crippen molar-refractivity contribution in [1.29, 1.82) is 0 Å². The van der Waals surface area contributed by atoms with Crippen molar-refractivity contribution in [2.75, 3.05) is 26.8 Å². The van der Waals surface area contributed by atoms with Gasteiger partial charge in [0.15, 0.2) is 11.5 Å². The largest absolute Gasteiger partial charge is 0.493 e. The number of carbonyl (C=O) groups excluding carboxylic acids is 2. The zero-order valence-electron chi connectivity index (χ0n) is 22.9. The highest BCUT2D eigenvalue weighted by Crippen LogP contribution is 2.51. The number of carbonyl (C=O) groups is 2. The minimum atomic E-state index is -1.13. The van der Waals surface area contributed by atoms with Crippen LogP contribution >= 0.6 is 0 Å². The molecule has 4 unspecified atom stereocenters. The molecule has 2 aliphatic carbocycles. The van der Waals surface area contributed by atoms with Gasteiger partial charge in [0.25, 0.3) is 0 Å². The van der Waals surface area contributed by atoms with Crippen LogP contribution < -0.4 is 14.8 Å². The predicted octanol–water partition coefficient (Wildman–Crippen LogP) is 1.77. The topological polar surface area (TPSA) is 144 Å². The zero-order chi connectivity index (χ0) is 28.7. The Balaban J connectivity index is 1.37. The molecule has 0 saturated heterocycles. The molecule has 6 rings (SSSR count). The number of hydrogen-bond acceptors (Lipinski definition) is 7. The Morgan fingerprint density at radius 2 is 1.98 bits per heavy atom. The number of hydrogen-bond donors (Lipinski definition) is 5. The third-order valence-corrected chi connectivity index (χ3v) is 8.27. The van der Waals surface area contributed by atoms with Crippen LogP contribution in [0.1, 0.15) is 35.6 Å². The number of ether oxygens (including phenoxy) is 2. The van der Waals surface area contributed by atoms with Crippen LogP contribution in [0.15, 0.2) is 54.1 Å². The molecule has 4 atom stereocenters. The minimum Gasteiger partial charge on any atom is -0.493 e. The Morgan fingerprint density at radius 3 is 2.68 bits per heavy atom. The zero-order valence-corrected chi connectivity index (χ0v) is 22.9. The van der Waals surface area contributed by atoms with E-state index in [1.165, 1.54) is 7.11 Å². The second kappa shape index (κ2) is 11.2. The van der Waals surface area contributed by atoms with E-state index in [2.05, 4.69) is 16.4 Å². The molecule has 0 spiro atoms. The second-order valence-electron chi connectivity index (χ2n) is 11.0. The lowest BCUT2D eigenvalue weighted by Gasteiger charge is -2.41. The molecule has 0 radical (unpaired) electrons. The fourth-order valence-electron chi connectivity index (χ4n) is 6.10. The molecule has 1 saturated carbocycles. The Hall–Kier alpha value is -3.86. The summed E-state index contributed by atoms with van der Waals surface area (Å²) in [4.78, 5) is 32.2. The molecule has 3 aromatic rings. The molecule has 10 heteroatoms. The SMILES string of the molecule is COc1cc(CO)cc2c1OC1C2C(C(=O)NCCO)=CC(N(CCc2cc3ccccc3[nH]2)C(=O)C2CC2)C1O. The van der Waals surface area contributed by atoms with E-state index in [-0.39, 0.29) is 31.6 Å². The highest BCUT2D eigenvalue weighted by Gasteiger charge is 2.52. The molecule has 216 valence electrons. The van der Waals surface area contributed by atoms with Crippen LogP contribution in [-0.2, 0) is 22.6 Å². The van der Waals surface area contributed by atoms with Gasteiger partial charge in [-0.1, -0.05) is 18.2 Å². The summed E-state index contributed by atoms with van der Waals surface area (Å²) < 4.78 is 11.8. The number of amides is 2. The average molecular weight is 562 g/mol. The van der Waals surface area contributed by atoms with Gasteiger partial charge >= 0.3 is 0 Å². The molecule has 5 N–H and O–H groups in total. The molecule has 2 amide bonds. The van der Waals surface area contributed by atoms with Gasteiger partial charge in [0.2, 0.25) is 11.8 Å². The van der Waals surface area contributed by atoms with E-state index in [9.17, 15) is 24.9 Å². The van der Waals surface area contributed by atoms with Crippen molar-refractivity contribution >= 4 is 22.7 Å². The number of nitrogens with one attached hydrogen (secondary N) is 2. The summed E-state index contributed by atoms with van der Waals surface area (Å²) in [5, 5.41) is 34.8. The minimum absolute atomic E-state index is 0.0503.